The number of rotatable bonds is 8. The normalized spacial score (nSPS) is 18.0. The molecule has 0 aliphatic carbocycles. The maximum atomic E-state index is 13.9. The number of hydrogen-bond acceptors (Lipinski definition) is 7. The lowest BCUT2D eigenvalue weighted by Gasteiger charge is -2.33. The smallest absolute Gasteiger partial charge is 0.429 e. The Kier molecular flexibility index (Phi) is 8.49. The average molecular weight is 560 g/mol. The fourth-order valence-corrected chi connectivity index (χ4v) is 6.35. The molecule has 5 rings (SSSR count). The summed E-state index contributed by atoms with van der Waals surface area (Å²) in [6.07, 6.45) is -0.308. The quantitative estimate of drug-likeness (QED) is 0.368. The van der Waals surface area contributed by atoms with E-state index in [9.17, 15) is 18.0 Å². The summed E-state index contributed by atoms with van der Waals surface area (Å²) in [6, 6.07) is 7.54. The van der Waals surface area contributed by atoms with Crippen LogP contribution in [0.25, 0.3) is 10.2 Å². The fraction of sp³-hybridized carbons (Fsp3) is 0.464. The number of carbonyl (C=O) groups is 1. The lowest BCUT2D eigenvalue weighted by molar-refractivity contribution is -0.198. The zero-order chi connectivity index (χ0) is 27.4. The third-order valence-corrected chi connectivity index (χ3v) is 8.30. The number of alkyl halides is 3. The van der Waals surface area contributed by atoms with Gasteiger partial charge in [0.15, 0.2) is 0 Å². The molecule has 1 fully saturated rings. The molecule has 0 bridgehead atoms. The number of thiophene rings is 1. The van der Waals surface area contributed by atoms with Crippen LogP contribution in [0, 0.1) is 0 Å². The second-order valence-corrected chi connectivity index (χ2v) is 11.0. The monoisotopic (exact) mass is 559 g/mol. The Morgan fingerprint density at radius 2 is 1.85 bits per heavy atom. The Hall–Kier alpha value is -3.02. The molecule has 1 atom stereocenters. The number of carbonyl (C=O) groups excluding carboxylic acids is 1. The summed E-state index contributed by atoms with van der Waals surface area (Å²) in [5.41, 5.74) is 0.866. The van der Waals surface area contributed by atoms with E-state index in [4.69, 9.17) is 4.74 Å². The van der Waals surface area contributed by atoms with Crippen LogP contribution in [-0.4, -0.2) is 82.6 Å². The molecule has 3 aromatic rings. The van der Waals surface area contributed by atoms with Crippen LogP contribution in [0.3, 0.4) is 0 Å². The molecule has 1 unspecified atom stereocenters. The first-order valence-electron chi connectivity index (χ1n) is 13.3. The maximum absolute atomic E-state index is 13.9. The van der Waals surface area contributed by atoms with Crippen molar-refractivity contribution in [2.45, 2.75) is 38.6 Å². The van der Waals surface area contributed by atoms with Gasteiger partial charge in [-0.2, -0.15) is 13.2 Å². The van der Waals surface area contributed by atoms with Crippen LogP contribution >= 0.6 is 11.3 Å². The number of aromatic nitrogens is 2. The van der Waals surface area contributed by atoms with E-state index in [-0.39, 0.29) is 17.4 Å². The van der Waals surface area contributed by atoms with Gasteiger partial charge in [-0.3, -0.25) is 9.69 Å². The Morgan fingerprint density at radius 3 is 2.56 bits per heavy atom. The summed E-state index contributed by atoms with van der Waals surface area (Å²) in [5, 5.41) is 0.507. The van der Waals surface area contributed by atoms with Gasteiger partial charge in [0.05, 0.1) is 11.9 Å². The standard InChI is InChI=1S/C28H32F3N5O2S/c1-2-11-34-14-16-35(17-15-34)12-6-9-23(37)36-13-10-21-22(18-36)39-27-24(21)26(32-19-33-27)38-25(28(29,30)31)20-7-4-3-5-8-20/h3-9,19,25H,2,10-18H2,1H3/b9-6+. The minimum atomic E-state index is -4.62. The van der Waals surface area contributed by atoms with Crippen LogP contribution in [-0.2, 0) is 17.8 Å². The minimum Gasteiger partial charge on any atom is -0.459 e. The first-order chi connectivity index (χ1) is 18.8. The number of benzene rings is 1. The van der Waals surface area contributed by atoms with E-state index in [1.165, 1.54) is 29.8 Å². The van der Waals surface area contributed by atoms with E-state index < -0.39 is 12.3 Å². The lowest BCUT2D eigenvalue weighted by Crippen LogP contribution is -2.46. The third-order valence-electron chi connectivity index (χ3n) is 7.17. The summed E-state index contributed by atoms with van der Waals surface area (Å²) in [5.74, 6) is -0.145. The molecule has 0 saturated carbocycles. The second kappa shape index (κ2) is 12.0. The van der Waals surface area contributed by atoms with E-state index >= 15 is 0 Å². The molecule has 4 heterocycles. The highest BCUT2D eigenvalue weighted by Gasteiger charge is 2.44. The fourth-order valence-electron chi connectivity index (χ4n) is 5.16. The molecule has 0 spiro atoms. The highest BCUT2D eigenvalue weighted by atomic mass is 32.1. The van der Waals surface area contributed by atoms with Crippen molar-refractivity contribution in [2.75, 3.05) is 45.8 Å². The van der Waals surface area contributed by atoms with Crippen LogP contribution in [0.5, 0.6) is 5.88 Å². The number of fused-ring (bicyclic) bond motifs is 3. The van der Waals surface area contributed by atoms with Crippen molar-refractivity contribution in [3.05, 3.63) is 64.8 Å². The van der Waals surface area contributed by atoms with Crippen LogP contribution < -0.4 is 4.74 Å². The van der Waals surface area contributed by atoms with Crippen molar-refractivity contribution in [3.63, 3.8) is 0 Å². The molecule has 7 nitrogen and oxygen atoms in total. The van der Waals surface area contributed by atoms with Crippen LogP contribution in [0.1, 0.15) is 35.5 Å². The number of piperazine rings is 1. The van der Waals surface area contributed by atoms with E-state index in [0.29, 0.717) is 29.7 Å². The number of ether oxygens (including phenoxy) is 1. The van der Waals surface area contributed by atoms with Crippen molar-refractivity contribution >= 4 is 27.5 Å². The SMILES string of the molecule is CCCN1CCN(C/C=C/C(=O)N2CCc3c(sc4ncnc(OC(c5ccccc5)C(F)(F)F)c34)C2)CC1. The molecular weight excluding hydrogens is 527 g/mol. The molecule has 1 saturated heterocycles. The highest BCUT2D eigenvalue weighted by Crippen LogP contribution is 2.42. The van der Waals surface area contributed by atoms with Crippen LogP contribution in [0.15, 0.2) is 48.8 Å². The summed E-state index contributed by atoms with van der Waals surface area (Å²) in [4.78, 5) is 29.4. The van der Waals surface area contributed by atoms with Crippen molar-refractivity contribution in [1.82, 2.24) is 24.7 Å². The summed E-state index contributed by atoms with van der Waals surface area (Å²) >= 11 is 1.37. The van der Waals surface area contributed by atoms with Gasteiger partial charge >= 0.3 is 6.18 Å². The molecule has 2 aliphatic rings. The molecule has 1 amide bonds. The van der Waals surface area contributed by atoms with Gasteiger partial charge in [0.25, 0.3) is 0 Å². The lowest BCUT2D eigenvalue weighted by atomic mass is 10.0. The first kappa shape index (κ1) is 27.5. The molecule has 2 aliphatic heterocycles. The molecule has 39 heavy (non-hydrogen) atoms. The van der Waals surface area contributed by atoms with Gasteiger partial charge < -0.3 is 14.5 Å². The van der Waals surface area contributed by atoms with Gasteiger partial charge in [0.1, 0.15) is 11.2 Å². The van der Waals surface area contributed by atoms with Gasteiger partial charge in [-0.05, 0) is 24.9 Å². The molecule has 11 heteroatoms. The molecule has 0 N–H and O–H groups in total. The Morgan fingerprint density at radius 1 is 1.10 bits per heavy atom. The summed E-state index contributed by atoms with van der Waals surface area (Å²) in [7, 11) is 0. The van der Waals surface area contributed by atoms with E-state index in [0.717, 1.165) is 56.1 Å². The van der Waals surface area contributed by atoms with E-state index in [1.807, 2.05) is 6.08 Å². The predicted molar refractivity (Wildman–Crippen MR) is 145 cm³/mol. The molecule has 208 valence electrons. The van der Waals surface area contributed by atoms with Crippen LogP contribution in [0.4, 0.5) is 13.2 Å². The van der Waals surface area contributed by atoms with Gasteiger partial charge in [-0.1, -0.05) is 43.3 Å². The van der Waals surface area contributed by atoms with E-state index in [2.05, 4.69) is 26.7 Å². The van der Waals surface area contributed by atoms with Gasteiger partial charge in [0, 0.05) is 55.8 Å². The first-order valence-corrected chi connectivity index (χ1v) is 14.1. The highest BCUT2D eigenvalue weighted by molar-refractivity contribution is 7.18. The van der Waals surface area contributed by atoms with Gasteiger partial charge in [-0.25, -0.2) is 9.97 Å². The molecule has 0 radical (unpaired) electrons. The Bertz CT molecular complexity index is 1310. The largest absolute Gasteiger partial charge is 0.459 e. The zero-order valence-corrected chi connectivity index (χ0v) is 22.7. The number of halogens is 3. The van der Waals surface area contributed by atoms with Gasteiger partial charge in [-0.15, -0.1) is 11.3 Å². The Balaban J connectivity index is 1.27. The maximum Gasteiger partial charge on any atom is 0.429 e. The van der Waals surface area contributed by atoms with Crippen molar-refractivity contribution in [1.29, 1.82) is 0 Å². The number of amides is 1. The van der Waals surface area contributed by atoms with Crippen molar-refractivity contribution in [2.24, 2.45) is 0 Å². The van der Waals surface area contributed by atoms with E-state index in [1.54, 1.807) is 29.2 Å². The average Bonchev–Trinajstić information content (AvgIpc) is 3.31. The van der Waals surface area contributed by atoms with Gasteiger partial charge in [0.2, 0.25) is 17.9 Å². The molecule has 2 aromatic heterocycles. The number of hydrogen-bond donors (Lipinski definition) is 0. The van der Waals surface area contributed by atoms with Crippen molar-refractivity contribution in [3.8, 4) is 5.88 Å². The van der Waals surface area contributed by atoms with Crippen LogP contribution in [0.2, 0.25) is 0 Å². The molecular formula is C28H32F3N5O2S. The van der Waals surface area contributed by atoms with Crippen molar-refractivity contribution < 1.29 is 22.7 Å². The minimum absolute atomic E-state index is 0.00672. The summed E-state index contributed by atoms with van der Waals surface area (Å²) in [6.45, 7) is 9.02. The molecule has 1 aromatic carbocycles. The number of nitrogens with zero attached hydrogens (tertiary/aromatic N) is 5. The Labute approximate surface area is 229 Å². The predicted octanol–water partition coefficient (Wildman–Crippen LogP) is 4.84. The zero-order valence-electron chi connectivity index (χ0n) is 21.9. The third kappa shape index (κ3) is 6.42. The summed E-state index contributed by atoms with van der Waals surface area (Å²) < 4.78 is 47.4. The topological polar surface area (TPSA) is 61.8 Å². The second-order valence-electron chi connectivity index (χ2n) is 9.87.